The zero-order valence-corrected chi connectivity index (χ0v) is 16.1. The van der Waals surface area contributed by atoms with E-state index in [4.69, 9.17) is 0 Å². The molecule has 7 atom stereocenters. The van der Waals surface area contributed by atoms with Crippen molar-refractivity contribution in [1.82, 2.24) is 26.4 Å². The van der Waals surface area contributed by atoms with Crippen molar-refractivity contribution in [3.63, 3.8) is 0 Å². The Balaban J connectivity index is 1.34. The summed E-state index contributed by atoms with van der Waals surface area (Å²) in [5, 5.41) is 11.3. The number of nitrogens with zero attached hydrogens (tertiary/aromatic N) is 2. The Hall–Kier alpha value is -2.31. The fraction of sp³-hybridized carbons (Fsp3) is 0.500. The molecule has 3 N–H and O–H groups in total. The fourth-order valence-corrected chi connectivity index (χ4v) is 5.55. The molecular weight excluding hydrogens is 350 g/mol. The molecular formula is C22H27N5O. The molecule has 0 bridgehead atoms. The van der Waals surface area contributed by atoms with E-state index in [1.807, 2.05) is 18.3 Å². The molecule has 1 aromatic carbocycles. The molecule has 28 heavy (non-hydrogen) atoms. The first-order valence-electron chi connectivity index (χ1n) is 10.3. The molecule has 1 saturated carbocycles. The molecule has 1 aliphatic carbocycles. The molecule has 6 heteroatoms. The summed E-state index contributed by atoms with van der Waals surface area (Å²) in [5.41, 5.74) is 9.36. The zero-order chi connectivity index (χ0) is 19.1. The van der Waals surface area contributed by atoms with Crippen molar-refractivity contribution in [3.8, 4) is 0 Å². The predicted molar refractivity (Wildman–Crippen MR) is 106 cm³/mol. The third-order valence-corrected chi connectivity index (χ3v) is 7.14. The van der Waals surface area contributed by atoms with Gasteiger partial charge in [-0.25, -0.2) is 5.43 Å². The van der Waals surface area contributed by atoms with E-state index in [1.165, 1.54) is 11.1 Å². The van der Waals surface area contributed by atoms with Crippen molar-refractivity contribution in [2.45, 2.75) is 50.2 Å². The second-order valence-electron chi connectivity index (χ2n) is 8.60. The van der Waals surface area contributed by atoms with E-state index >= 15 is 0 Å². The minimum atomic E-state index is 0.0450. The number of hydrazine groups is 1. The van der Waals surface area contributed by atoms with Gasteiger partial charge in [-0.3, -0.25) is 10.2 Å². The minimum absolute atomic E-state index is 0.0450. The van der Waals surface area contributed by atoms with Crippen LogP contribution in [0.4, 0.5) is 0 Å². The van der Waals surface area contributed by atoms with Crippen LogP contribution >= 0.6 is 0 Å². The molecule has 146 valence electrons. The van der Waals surface area contributed by atoms with Gasteiger partial charge in [0.1, 0.15) is 0 Å². The SMILES string of the molecule is CC(c1ccccc1)C1CC2CC3C(CC2NC1=O)NNC3c1ccnnc1. The second-order valence-corrected chi connectivity index (χ2v) is 8.60. The first-order valence-corrected chi connectivity index (χ1v) is 10.3. The van der Waals surface area contributed by atoms with Gasteiger partial charge in [0.2, 0.25) is 5.91 Å². The Morgan fingerprint density at radius 2 is 1.86 bits per heavy atom. The lowest BCUT2D eigenvalue weighted by Crippen LogP contribution is -2.56. The number of aromatic nitrogens is 2. The van der Waals surface area contributed by atoms with Crippen LogP contribution in [0.5, 0.6) is 0 Å². The molecule has 2 aliphatic heterocycles. The number of rotatable bonds is 3. The Morgan fingerprint density at radius 3 is 2.64 bits per heavy atom. The number of nitrogens with one attached hydrogen (secondary N) is 3. The van der Waals surface area contributed by atoms with Crippen LogP contribution in [0.1, 0.15) is 49.3 Å². The maximum atomic E-state index is 12.9. The van der Waals surface area contributed by atoms with Gasteiger partial charge in [-0.1, -0.05) is 37.3 Å². The van der Waals surface area contributed by atoms with Gasteiger partial charge in [0, 0.05) is 24.2 Å². The monoisotopic (exact) mass is 377 g/mol. The van der Waals surface area contributed by atoms with E-state index in [-0.39, 0.29) is 29.8 Å². The molecule has 2 aromatic rings. The van der Waals surface area contributed by atoms with Crippen LogP contribution in [0, 0.1) is 17.8 Å². The molecule has 3 aliphatic rings. The van der Waals surface area contributed by atoms with Crippen molar-refractivity contribution < 1.29 is 4.79 Å². The second kappa shape index (κ2) is 7.26. The number of hydrogen-bond acceptors (Lipinski definition) is 5. The van der Waals surface area contributed by atoms with E-state index < -0.39 is 0 Å². The average Bonchev–Trinajstić information content (AvgIpc) is 3.15. The summed E-state index contributed by atoms with van der Waals surface area (Å²) in [6, 6.07) is 13.4. The minimum Gasteiger partial charge on any atom is -0.353 e. The van der Waals surface area contributed by atoms with Crippen molar-refractivity contribution in [2.75, 3.05) is 0 Å². The highest BCUT2D eigenvalue weighted by Crippen LogP contribution is 2.45. The molecule has 3 heterocycles. The van der Waals surface area contributed by atoms with Crippen LogP contribution in [0.3, 0.4) is 0 Å². The van der Waals surface area contributed by atoms with E-state index in [0.29, 0.717) is 17.9 Å². The summed E-state index contributed by atoms with van der Waals surface area (Å²) in [6.45, 7) is 2.19. The van der Waals surface area contributed by atoms with Gasteiger partial charge in [-0.05, 0) is 54.2 Å². The van der Waals surface area contributed by atoms with Crippen molar-refractivity contribution >= 4 is 5.91 Å². The molecule has 1 aromatic heterocycles. The first kappa shape index (κ1) is 17.8. The normalized spacial score (nSPS) is 35.5. The molecule has 6 nitrogen and oxygen atoms in total. The Bertz CT molecular complexity index is 829. The summed E-state index contributed by atoms with van der Waals surface area (Å²) in [7, 11) is 0. The van der Waals surface area contributed by atoms with Gasteiger partial charge in [-0.15, -0.1) is 0 Å². The maximum Gasteiger partial charge on any atom is 0.223 e. The van der Waals surface area contributed by atoms with Crippen molar-refractivity contribution in [2.24, 2.45) is 17.8 Å². The Kier molecular flexibility index (Phi) is 4.61. The molecule has 0 radical (unpaired) electrons. The number of amides is 1. The number of carbonyl (C=O) groups is 1. The molecule has 7 unspecified atom stereocenters. The molecule has 1 amide bonds. The highest BCUT2D eigenvalue weighted by Gasteiger charge is 2.48. The number of carbonyl (C=O) groups excluding carboxylic acids is 1. The number of hydrogen-bond donors (Lipinski definition) is 3. The third-order valence-electron chi connectivity index (χ3n) is 7.14. The molecule has 0 spiro atoms. The van der Waals surface area contributed by atoms with Crippen molar-refractivity contribution in [1.29, 1.82) is 0 Å². The van der Waals surface area contributed by atoms with Gasteiger partial charge in [0.25, 0.3) is 0 Å². The van der Waals surface area contributed by atoms with Gasteiger partial charge < -0.3 is 5.32 Å². The molecule has 5 rings (SSSR count). The fourth-order valence-electron chi connectivity index (χ4n) is 5.55. The zero-order valence-electron chi connectivity index (χ0n) is 16.1. The lowest BCUT2D eigenvalue weighted by molar-refractivity contribution is -0.131. The Labute approximate surface area is 165 Å². The third kappa shape index (κ3) is 3.10. The van der Waals surface area contributed by atoms with Crippen LogP contribution in [0.2, 0.25) is 0 Å². The lowest BCUT2D eigenvalue weighted by Gasteiger charge is -2.45. The number of benzene rings is 1. The summed E-state index contributed by atoms with van der Waals surface area (Å²) >= 11 is 0. The van der Waals surface area contributed by atoms with Crippen molar-refractivity contribution in [3.05, 3.63) is 59.9 Å². The molecule has 3 fully saturated rings. The van der Waals surface area contributed by atoms with E-state index in [2.05, 4.69) is 57.6 Å². The van der Waals surface area contributed by atoms with Crippen LogP contribution in [0.15, 0.2) is 48.8 Å². The van der Waals surface area contributed by atoms with Crippen LogP contribution in [-0.4, -0.2) is 28.2 Å². The highest BCUT2D eigenvalue weighted by molar-refractivity contribution is 5.81. The Morgan fingerprint density at radius 1 is 1.00 bits per heavy atom. The number of fused-ring (bicyclic) bond motifs is 2. The van der Waals surface area contributed by atoms with Gasteiger partial charge in [0.05, 0.1) is 12.2 Å². The first-order chi connectivity index (χ1) is 13.7. The van der Waals surface area contributed by atoms with E-state index in [1.54, 1.807) is 6.20 Å². The maximum absolute atomic E-state index is 12.9. The summed E-state index contributed by atoms with van der Waals surface area (Å²) in [6.07, 6.45) is 6.68. The van der Waals surface area contributed by atoms with Gasteiger partial charge in [0.15, 0.2) is 0 Å². The standard InChI is InChI=1S/C22H27N5O/c1-13(14-5-3-2-4-6-14)17-9-16-10-18-20(11-19(16)25-22(17)28)26-27-21(18)15-7-8-23-24-12-15/h2-8,12-13,16-21,26-27H,9-11H2,1H3,(H,25,28). The van der Waals surface area contributed by atoms with E-state index in [9.17, 15) is 4.79 Å². The van der Waals surface area contributed by atoms with Crippen LogP contribution < -0.4 is 16.2 Å². The lowest BCUT2D eigenvalue weighted by atomic mass is 9.66. The van der Waals surface area contributed by atoms with Gasteiger partial charge >= 0.3 is 0 Å². The van der Waals surface area contributed by atoms with Crippen LogP contribution in [-0.2, 0) is 4.79 Å². The highest BCUT2D eigenvalue weighted by atomic mass is 16.2. The summed E-state index contributed by atoms with van der Waals surface area (Å²) < 4.78 is 0. The van der Waals surface area contributed by atoms with E-state index in [0.717, 1.165) is 19.3 Å². The quantitative estimate of drug-likeness (QED) is 0.765. The summed E-state index contributed by atoms with van der Waals surface area (Å²) in [4.78, 5) is 12.9. The average molecular weight is 377 g/mol. The number of piperidine rings is 1. The van der Waals surface area contributed by atoms with Gasteiger partial charge in [-0.2, -0.15) is 10.2 Å². The van der Waals surface area contributed by atoms with Crippen LogP contribution in [0.25, 0.3) is 0 Å². The smallest absolute Gasteiger partial charge is 0.223 e. The summed E-state index contributed by atoms with van der Waals surface area (Å²) in [5.74, 6) is 1.53. The molecule has 2 saturated heterocycles. The predicted octanol–water partition coefficient (Wildman–Crippen LogP) is 2.33. The largest absolute Gasteiger partial charge is 0.353 e. The topological polar surface area (TPSA) is 78.9 Å².